The van der Waals surface area contributed by atoms with Gasteiger partial charge < -0.3 is 15.8 Å². The Morgan fingerprint density at radius 1 is 1.30 bits per heavy atom. The van der Waals surface area contributed by atoms with Crippen molar-refractivity contribution in [3.05, 3.63) is 28.2 Å². The van der Waals surface area contributed by atoms with Crippen LogP contribution in [0.3, 0.4) is 0 Å². The topological polar surface area (TPSA) is 111 Å². The number of hydrogen-bond donors (Lipinski definition) is 2. The van der Waals surface area contributed by atoms with Gasteiger partial charge in [-0.05, 0) is 18.2 Å². The predicted molar refractivity (Wildman–Crippen MR) is 88.7 cm³/mol. The van der Waals surface area contributed by atoms with E-state index in [9.17, 15) is 14.4 Å². The van der Waals surface area contributed by atoms with E-state index in [0.29, 0.717) is 15.7 Å². The average Bonchev–Trinajstić information content (AvgIpc) is 2.73. The first-order chi connectivity index (χ1) is 10.8. The highest BCUT2D eigenvalue weighted by atomic mass is 35.5. The highest BCUT2D eigenvalue weighted by Gasteiger charge is 2.29. The summed E-state index contributed by atoms with van der Waals surface area (Å²) in [7, 11) is 0. The highest BCUT2D eigenvalue weighted by Crippen LogP contribution is 2.23. The van der Waals surface area contributed by atoms with Crippen LogP contribution in [-0.4, -0.2) is 34.8 Å². The van der Waals surface area contributed by atoms with E-state index >= 15 is 0 Å². The Morgan fingerprint density at radius 2 is 1.96 bits per heavy atom. The van der Waals surface area contributed by atoms with E-state index in [0.717, 1.165) is 11.8 Å². The molecule has 0 radical (unpaired) electrons. The van der Waals surface area contributed by atoms with Gasteiger partial charge in [0.1, 0.15) is 5.25 Å². The molecule has 1 atom stereocenters. The van der Waals surface area contributed by atoms with Crippen LogP contribution in [0.1, 0.15) is 6.42 Å². The van der Waals surface area contributed by atoms with Crippen LogP contribution in [0, 0.1) is 0 Å². The quantitative estimate of drug-likeness (QED) is 0.759. The normalized spacial score (nSPS) is 16.9. The molecular weight excluding hydrogens is 365 g/mol. The van der Waals surface area contributed by atoms with Gasteiger partial charge in [-0.3, -0.25) is 14.4 Å². The Kier molecular flexibility index (Phi) is 5.86. The molecule has 0 aromatic heterocycles. The lowest BCUT2D eigenvalue weighted by molar-refractivity contribution is -0.147. The summed E-state index contributed by atoms with van der Waals surface area (Å²) in [4.78, 5) is 38.2. The lowest BCUT2D eigenvalue weighted by Crippen LogP contribution is -2.24. The fourth-order valence-corrected chi connectivity index (χ4v) is 3.04. The highest BCUT2D eigenvalue weighted by molar-refractivity contribution is 8.15. The molecule has 0 saturated heterocycles. The van der Waals surface area contributed by atoms with E-state index < -0.39 is 29.6 Å². The van der Waals surface area contributed by atoms with Gasteiger partial charge in [-0.2, -0.15) is 4.99 Å². The smallest absolute Gasteiger partial charge is 0.307 e. The van der Waals surface area contributed by atoms with Crippen molar-refractivity contribution >= 4 is 63.6 Å². The number of benzene rings is 1. The monoisotopic (exact) mass is 375 g/mol. The summed E-state index contributed by atoms with van der Waals surface area (Å²) in [5.41, 5.74) is 5.76. The van der Waals surface area contributed by atoms with E-state index in [2.05, 4.69) is 10.3 Å². The number of nitrogens with zero attached hydrogens (tertiary/aromatic N) is 1. The molecule has 2 amide bonds. The van der Waals surface area contributed by atoms with Gasteiger partial charge in [0.05, 0.1) is 6.42 Å². The first-order valence-corrected chi connectivity index (χ1v) is 7.93. The molecule has 3 N–H and O–H groups in total. The number of hydrogen-bond acceptors (Lipinski definition) is 6. The van der Waals surface area contributed by atoms with Crippen LogP contribution in [0.15, 0.2) is 23.2 Å². The average molecular weight is 376 g/mol. The van der Waals surface area contributed by atoms with Crippen molar-refractivity contribution in [1.29, 1.82) is 0 Å². The van der Waals surface area contributed by atoms with Crippen LogP contribution in [0.25, 0.3) is 0 Å². The second-order valence-corrected chi connectivity index (χ2v) is 6.56. The zero-order chi connectivity index (χ0) is 17.0. The van der Waals surface area contributed by atoms with Gasteiger partial charge in [-0.25, -0.2) is 0 Å². The first-order valence-electron chi connectivity index (χ1n) is 6.29. The lowest BCUT2D eigenvalue weighted by Gasteiger charge is -2.08. The number of carbonyl (C=O) groups is 3. The van der Waals surface area contributed by atoms with Gasteiger partial charge in [-0.15, -0.1) is 0 Å². The van der Waals surface area contributed by atoms with Gasteiger partial charge in [0.15, 0.2) is 11.8 Å². The summed E-state index contributed by atoms with van der Waals surface area (Å²) in [5.74, 6) is -1.74. The molecule has 0 spiro atoms. The van der Waals surface area contributed by atoms with Crippen LogP contribution < -0.4 is 11.1 Å². The van der Waals surface area contributed by atoms with E-state index in [1.165, 1.54) is 18.2 Å². The number of thioether (sulfide) groups is 1. The maximum Gasteiger partial charge on any atom is 0.307 e. The number of anilines is 1. The van der Waals surface area contributed by atoms with Gasteiger partial charge in [0, 0.05) is 15.7 Å². The molecule has 0 fully saturated rings. The second-order valence-electron chi connectivity index (χ2n) is 4.47. The summed E-state index contributed by atoms with van der Waals surface area (Å²) in [6, 6.07) is 4.52. The number of carbonyl (C=O) groups excluding carboxylic acids is 3. The molecule has 7 nitrogen and oxygen atoms in total. The molecule has 23 heavy (non-hydrogen) atoms. The van der Waals surface area contributed by atoms with Crippen molar-refractivity contribution in [2.45, 2.75) is 11.7 Å². The van der Waals surface area contributed by atoms with E-state index in [4.69, 9.17) is 33.7 Å². The number of halogens is 2. The largest absolute Gasteiger partial charge is 0.456 e. The zero-order valence-corrected chi connectivity index (χ0v) is 13.9. The standard InChI is InChI=1S/C13H11Cl2N3O4S/c14-6-1-7(15)3-8(2-6)17-10(19)5-22-11(20)4-9-12(21)18-13(16)23-9/h1-3,9H,4-5H2,(H,17,19)(H2,16,18,21)/t9-/m1/s1. The second kappa shape index (κ2) is 7.67. The SMILES string of the molecule is NC1=NC(=O)[C@@H](CC(=O)OCC(=O)Nc2cc(Cl)cc(Cl)c2)S1. The van der Waals surface area contributed by atoms with Crippen LogP contribution in [0.5, 0.6) is 0 Å². The third-order valence-corrected chi connectivity index (χ3v) is 4.04. The molecule has 1 aromatic carbocycles. The molecule has 1 heterocycles. The summed E-state index contributed by atoms with van der Waals surface area (Å²) < 4.78 is 4.81. The predicted octanol–water partition coefficient (Wildman–Crippen LogP) is 1.82. The molecule has 2 rings (SSSR count). The van der Waals surface area contributed by atoms with E-state index in [-0.39, 0.29) is 11.6 Å². The number of amidine groups is 1. The Hall–Kier alpha value is -1.77. The summed E-state index contributed by atoms with van der Waals surface area (Å²) in [5, 5.41) is 2.63. The summed E-state index contributed by atoms with van der Waals surface area (Å²) in [6.07, 6.45) is -0.204. The maximum atomic E-state index is 11.7. The van der Waals surface area contributed by atoms with E-state index in [1.54, 1.807) is 0 Å². The molecule has 1 aliphatic heterocycles. The third kappa shape index (κ3) is 5.42. The van der Waals surface area contributed by atoms with Crippen LogP contribution >= 0.6 is 35.0 Å². The molecule has 0 aliphatic carbocycles. The van der Waals surface area contributed by atoms with Gasteiger partial charge in [-0.1, -0.05) is 35.0 Å². The molecule has 122 valence electrons. The van der Waals surface area contributed by atoms with Gasteiger partial charge >= 0.3 is 5.97 Å². The minimum Gasteiger partial charge on any atom is -0.456 e. The number of nitrogens with one attached hydrogen (secondary N) is 1. The fraction of sp³-hybridized carbons (Fsp3) is 0.231. The number of aliphatic imine (C=N–C) groups is 1. The number of esters is 1. The van der Waals surface area contributed by atoms with Gasteiger partial charge in [0.25, 0.3) is 11.8 Å². The summed E-state index contributed by atoms with van der Waals surface area (Å²) >= 11 is 12.6. The fourth-order valence-electron chi connectivity index (χ4n) is 1.71. The van der Waals surface area contributed by atoms with Gasteiger partial charge in [0.2, 0.25) is 0 Å². The molecule has 1 aromatic rings. The zero-order valence-electron chi connectivity index (χ0n) is 11.5. The van der Waals surface area contributed by atoms with Crippen LogP contribution in [0.4, 0.5) is 5.69 Å². The minimum atomic E-state index is -0.697. The molecule has 0 saturated carbocycles. The Bertz CT molecular complexity index is 676. The molecule has 1 aliphatic rings. The Labute approximate surface area is 145 Å². The van der Waals surface area contributed by atoms with Crippen molar-refractivity contribution in [3.63, 3.8) is 0 Å². The molecule has 0 bridgehead atoms. The van der Waals surface area contributed by atoms with Crippen molar-refractivity contribution in [2.75, 3.05) is 11.9 Å². The summed E-state index contributed by atoms with van der Waals surface area (Å²) in [6.45, 7) is -0.495. The minimum absolute atomic E-state index is 0.114. The van der Waals surface area contributed by atoms with Crippen molar-refractivity contribution in [2.24, 2.45) is 10.7 Å². The van der Waals surface area contributed by atoms with Crippen molar-refractivity contribution < 1.29 is 19.1 Å². The van der Waals surface area contributed by atoms with Crippen LogP contribution in [0.2, 0.25) is 10.0 Å². The molecular formula is C13H11Cl2N3O4S. The Morgan fingerprint density at radius 3 is 2.52 bits per heavy atom. The number of rotatable bonds is 5. The third-order valence-electron chi connectivity index (χ3n) is 2.62. The van der Waals surface area contributed by atoms with E-state index in [1.807, 2.05) is 0 Å². The van der Waals surface area contributed by atoms with Crippen LogP contribution in [-0.2, 0) is 19.1 Å². The Balaban J connectivity index is 1.78. The maximum absolute atomic E-state index is 11.7. The molecule has 0 unspecified atom stereocenters. The first kappa shape index (κ1) is 17.6. The molecule has 10 heteroatoms. The number of amides is 2. The number of nitrogens with two attached hydrogens (primary N) is 1. The van der Waals surface area contributed by atoms with Crippen molar-refractivity contribution in [1.82, 2.24) is 0 Å². The number of ether oxygens (including phenoxy) is 1. The lowest BCUT2D eigenvalue weighted by atomic mass is 10.3. The van der Waals surface area contributed by atoms with Crippen molar-refractivity contribution in [3.8, 4) is 0 Å².